The highest BCUT2D eigenvalue weighted by Gasteiger charge is 2.15. The molecule has 0 unspecified atom stereocenters. The van der Waals surface area contributed by atoms with E-state index in [2.05, 4.69) is 10.0 Å². The van der Waals surface area contributed by atoms with Gasteiger partial charge in [0.05, 0.1) is 4.90 Å². The maximum atomic E-state index is 12.3. The molecule has 0 atom stereocenters. The molecule has 0 aromatic heterocycles. The van der Waals surface area contributed by atoms with Gasteiger partial charge >= 0.3 is 0 Å². The number of nitrogens with one attached hydrogen (secondary N) is 2. The average Bonchev–Trinajstić information content (AvgIpc) is 2.49. The highest BCUT2D eigenvalue weighted by atomic mass is 32.2. The molecular weight excluding hydrogens is 324 g/mol. The number of benzene rings is 2. The van der Waals surface area contributed by atoms with Gasteiger partial charge in [0.25, 0.3) is 5.91 Å². The molecular formula is C18H22N2O3S. The van der Waals surface area contributed by atoms with E-state index >= 15 is 0 Å². The van der Waals surface area contributed by atoms with Gasteiger partial charge in [0.1, 0.15) is 0 Å². The molecule has 0 fully saturated rings. The quantitative estimate of drug-likeness (QED) is 0.873. The summed E-state index contributed by atoms with van der Waals surface area (Å²) in [4.78, 5) is 12.4. The van der Waals surface area contributed by atoms with E-state index in [0.717, 1.165) is 11.1 Å². The summed E-state index contributed by atoms with van der Waals surface area (Å²) in [6.45, 7) is 7.46. The van der Waals surface area contributed by atoms with E-state index < -0.39 is 10.0 Å². The third-order valence-electron chi connectivity index (χ3n) is 3.58. The van der Waals surface area contributed by atoms with Crippen molar-refractivity contribution in [2.24, 2.45) is 0 Å². The number of hydrogen-bond acceptors (Lipinski definition) is 3. The first-order valence-corrected chi connectivity index (χ1v) is 9.18. The highest BCUT2D eigenvalue weighted by Crippen LogP contribution is 2.16. The highest BCUT2D eigenvalue weighted by molar-refractivity contribution is 7.89. The third kappa shape index (κ3) is 4.43. The monoisotopic (exact) mass is 346 g/mol. The van der Waals surface area contributed by atoms with Crippen LogP contribution in [0.3, 0.4) is 0 Å². The van der Waals surface area contributed by atoms with Gasteiger partial charge in [-0.05, 0) is 75.2 Å². The first kappa shape index (κ1) is 18.2. The van der Waals surface area contributed by atoms with Crippen LogP contribution in [0, 0.1) is 13.8 Å². The lowest BCUT2D eigenvalue weighted by Crippen LogP contribution is -2.30. The lowest BCUT2D eigenvalue weighted by molar-refractivity contribution is 0.102. The molecule has 2 rings (SSSR count). The van der Waals surface area contributed by atoms with Crippen LogP contribution in [0.1, 0.15) is 35.3 Å². The minimum Gasteiger partial charge on any atom is -0.322 e. The molecule has 0 spiro atoms. The topological polar surface area (TPSA) is 75.3 Å². The number of carbonyl (C=O) groups is 1. The standard InChI is InChI=1S/C18H22N2O3S/c1-12(2)20-24(22,23)17-9-7-16(8-10-17)19-18(21)15-6-5-13(3)14(4)11-15/h5-12,20H,1-4H3,(H,19,21). The zero-order valence-corrected chi connectivity index (χ0v) is 15.1. The predicted octanol–water partition coefficient (Wildman–Crippen LogP) is 3.24. The van der Waals surface area contributed by atoms with Gasteiger partial charge in [-0.15, -0.1) is 0 Å². The molecule has 128 valence electrons. The molecule has 24 heavy (non-hydrogen) atoms. The van der Waals surface area contributed by atoms with Gasteiger partial charge in [-0.25, -0.2) is 13.1 Å². The van der Waals surface area contributed by atoms with Gasteiger partial charge in [0.15, 0.2) is 0 Å². The number of rotatable bonds is 5. The molecule has 0 aliphatic heterocycles. The molecule has 5 nitrogen and oxygen atoms in total. The molecule has 0 radical (unpaired) electrons. The second-order valence-electron chi connectivity index (χ2n) is 6.05. The van der Waals surface area contributed by atoms with Crippen LogP contribution in [-0.4, -0.2) is 20.4 Å². The maximum Gasteiger partial charge on any atom is 0.255 e. The summed E-state index contributed by atoms with van der Waals surface area (Å²) < 4.78 is 26.7. The number of sulfonamides is 1. The molecule has 2 aromatic rings. The van der Waals surface area contributed by atoms with Crippen molar-refractivity contribution in [1.82, 2.24) is 4.72 Å². The van der Waals surface area contributed by atoms with E-state index in [1.807, 2.05) is 26.0 Å². The first-order chi connectivity index (χ1) is 11.2. The van der Waals surface area contributed by atoms with Crippen molar-refractivity contribution in [2.75, 3.05) is 5.32 Å². The van der Waals surface area contributed by atoms with Crippen LogP contribution >= 0.6 is 0 Å². The van der Waals surface area contributed by atoms with E-state index in [-0.39, 0.29) is 16.8 Å². The fraction of sp³-hybridized carbons (Fsp3) is 0.278. The Morgan fingerprint density at radius 1 is 0.958 bits per heavy atom. The van der Waals surface area contributed by atoms with Crippen molar-refractivity contribution in [3.63, 3.8) is 0 Å². The van der Waals surface area contributed by atoms with Crippen molar-refractivity contribution in [1.29, 1.82) is 0 Å². The Kier molecular flexibility index (Phi) is 5.41. The molecule has 0 heterocycles. The van der Waals surface area contributed by atoms with Gasteiger partial charge in [0, 0.05) is 17.3 Å². The van der Waals surface area contributed by atoms with Crippen LogP contribution in [-0.2, 0) is 10.0 Å². The Bertz CT molecular complexity index is 841. The summed E-state index contributed by atoms with van der Waals surface area (Å²) in [5, 5.41) is 2.77. The normalized spacial score (nSPS) is 11.5. The lowest BCUT2D eigenvalue weighted by atomic mass is 10.1. The lowest BCUT2D eigenvalue weighted by Gasteiger charge is -2.11. The Morgan fingerprint density at radius 2 is 1.58 bits per heavy atom. The van der Waals surface area contributed by atoms with Gasteiger partial charge in [-0.1, -0.05) is 6.07 Å². The molecule has 2 N–H and O–H groups in total. The summed E-state index contributed by atoms with van der Waals surface area (Å²) in [6, 6.07) is 11.4. The van der Waals surface area contributed by atoms with Crippen molar-refractivity contribution in [3.05, 3.63) is 59.2 Å². The number of aryl methyl sites for hydroxylation is 2. The largest absolute Gasteiger partial charge is 0.322 e. The van der Waals surface area contributed by atoms with Crippen molar-refractivity contribution in [2.45, 2.75) is 38.6 Å². The van der Waals surface area contributed by atoms with Gasteiger partial charge in [0.2, 0.25) is 10.0 Å². The molecule has 0 aliphatic carbocycles. The minimum atomic E-state index is -3.53. The van der Waals surface area contributed by atoms with E-state index in [1.54, 1.807) is 32.0 Å². The second kappa shape index (κ2) is 7.15. The average molecular weight is 346 g/mol. The summed E-state index contributed by atoms with van der Waals surface area (Å²) in [7, 11) is -3.53. The maximum absolute atomic E-state index is 12.3. The summed E-state index contributed by atoms with van der Waals surface area (Å²) in [6.07, 6.45) is 0. The van der Waals surface area contributed by atoms with E-state index in [0.29, 0.717) is 11.3 Å². The Labute approximate surface area is 143 Å². The molecule has 0 saturated heterocycles. The molecule has 0 bridgehead atoms. The van der Waals surface area contributed by atoms with Crippen LogP contribution in [0.5, 0.6) is 0 Å². The van der Waals surface area contributed by atoms with Crippen LogP contribution in [0.4, 0.5) is 5.69 Å². The summed E-state index contributed by atoms with van der Waals surface area (Å²) in [5.74, 6) is -0.228. The fourth-order valence-corrected chi connectivity index (χ4v) is 3.43. The number of hydrogen-bond donors (Lipinski definition) is 2. The van der Waals surface area contributed by atoms with Gasteiger partial charge in [-0.2, -0.15) is 0 Å². The molecule has 1 amide bonds. The van der Waals surface area contributed by atoms with E-state index in [4.69, 9.17) is 0 Å². The Morgan fingerprint density at radius 3 is 2.12 bits per heavy atom. The fourth-order valence-electron chi connectivity index (χ4n) is 2.18. The van der Waals surface area contributed by atoms with E-state index in [9.17, 15) is 13.2 Å². The van der Waals surface area contributed by atoms with Crippen LogP contribution in [0.2, 0.25) is 0 Å². The zero-order valence-electron chi connectivity index (χ0n) is 14.3. The number of amides is 1. The SMILES string of the molecule is Cc1ccc(C(=O)Nc2ccc(S(=O)(=O)NC(C)C)cc2)cc1C. The summed E-state index contributed by atoms with van der Waals surface area (Å²) >= 11 is 0. The number of anilines is 1. The van der Waals surface area contributed by atoms with Crippen molar-refractivity contribution < 1.29 is 13.2 Å². The zero-order chi connectivity index (χ0) is 17.9. The van der Waals surface area contributed by atoms with Gasteiger partial charge in [-0.3, -0.25) is 4.79 Å². The molecule has 0 aliphatic rings. The van der Waals surface area contributed by atoms with E-state index in [1.165, 1.54) is 12.1 Å². The minimum absolute atomic E-state index is 0.167. The molecule has 2 aromatic carbocycles. The van der Waals surface area contributed by atoms with Crippen LogP contribution in [0.25, 0.3) is 0 Å². The Balaban J connectivity index is 2.14. The third-order valence-corrected chi connectivity index (χ3v) is 5.26. The second-order valence-corrected chi connectivity index (χ2v) is 7.77. The first-order valence-electron chi connectivity index (χ1n) is 7.70. The summed E-state index contributed by atoms with van der Waals surface area (Å²) in [5.41, 5.74) is 3.28. The molecule has 6 heteroatoms. The van der Waals surface area contributed by atoms with Crippen LogP contribution in [0.15, 0.2) is 47.4 Å². The van der Waals surface area contributed by atoms with Crippen molar-refractivity contribution in [3.8, 4) is 0 Å². The number of carbonyl (C=O) groups excluding carboxylic acids is 1. The predicted molar refractivity (Wildman–Crippen MR) is 95.8 cm³/mol. The Hall–Kier alpha value is -2.18. The van der Waals surface area contributed by atoms with Gasteiger partial charge < -0.3 is 5.32 Å². The van der Waals surface area contributed by atoms with Crippen molar-refractivity contribution >= 4 is 21.6 Å². The van der Waals surface area contributed by atoms with Crippen LogP contribution < -0.4 is 10.0 Å². The smallest absolute Gasteiger partial charge is 0.255 e. The molecule has 0 saturated carbocycles.